The summed E-state index contributed by atoms with van der Waals surface area (Å²) in [7, 11) is 4.23. The molecule has 4 aromatic rings. The van der Waals surface area contributed by atoms with Crippen molar-refractivity contribution in [3.8, 4) is 23.5 Å². The van der Waals surface area contributed by atoms with Crippen molar-refractivity contribution in [1.82, 2.24) is 29.8 Å². The molecule has 0 radical (unpaired) electrons. The van der Waals surface area contributed by atoms with Crippen molar-refractivity contribution in [2.45, 2.75) is 75.8 Å². The van der Waals surface area contributed by atoms with Gasteiger partial charge in [0.2, 0.25) is 5.88 Å². The second-order valence-corrected chi connectivity index (χ2v) is 13.5. The fourth-order valence-corrected chi connectivity index (χ4v) is 9.23. The molecule has 42 heavy (non-hydrogen) atoms. The molecule has 8 rings (SSSR count). The predicted molar refractivity (Wildman–Crippen MR) is 160 cm³/mol. The molecule has 6 heterocycles. The minimum absolute atomic E-state index is 0.112. The lowest BCUT2D eigenvalue weighted by Gasteiger charge is -2.39. The number of hydrogen-bond donors (Lipinski definition) is 1. The van der Waals surface area contributed by atoms with E-state index in [1.165, 1.54) is 11.3 Å². The second-order valence-electron chi connectivity index (χ2n) is 12.4. The van der Waals surface area contributed by atoms with Gasteiger partial charge < -0.3 is 24.8 Å². The topological polar surface area (TPSA) is 135 Å². The summed E-state index contributed by atoms with van der Waals surface area (Å²) in [6, 6.07) is 2.89. The lowest BCUT2D eigenvalue weighted by atomic mass is 9.63. The molecule has 218 valence electrons. The summed E-state index contributed by atoms with van der Waals surface area (Å²) in [5.41, 5.74) is 10.2. The molecule has 0 saturated carbocycles. The van der Waals surface area contributed by atoms with E-state index in [1.807, 2.05) is 11.7 Å². The van der Waals surface area contributed by atoms with Gasteiger partial charge in [0.15, 0.2) is 22.9 Å². The Labute approximate surface area is 248 Å². The highest BCUT2D eigenvalue weighted by molar-refractivity contribution is 7.16. The van der Waals surface area contributed by atoms with Crippen molar-refractivity contribution >= 4 is 33.2 Å². The monoisotopic (exact) mass is 585 g/mol. The molecule has 3 unspecified atom stereocenters. The summed E-state index contributed by atoms with van der Waals surface area (Å²) in [5, 5.41) is 21.2. The van der Waals surface area contributed by atoms with Gasteiger partial charge in [0, 0.05) is 23.5 Å². The van der Waals surface area contributed by atoms with Gasteiger partial charge in [0.05, 0.1) is 23.6 Å². The average molecular weight is 586 g/mol. The van der Waals surface area contributed by atoms with Gasteiger partial charge >= 0.3 is 0 Å². The van der Waals surface area contributed by atoms with Crippen molar-refractivity contribution < 1.29 is 9.26 Å². The number of aromatic nitrogens is 5. The normalized spacial score (nSPS) is 24.3. The Morgan fingerprint density at radius 2 is 1.98 bits per heavy atom. The first-order valence-electron chi connectivity index (χ1n) is 15.1. The van der Waals surface area contributed by atoms with Gasteiger partial charge in [-0.1, -0.05) is 5.16 Å². The van der Waals surface area contributed by atoms with Gasteiger partial charge in [-0.05, 0) is 77.4 Å². The van der Waals surface area contributed by atoms with Crippen molar-refractivity contribution in [3.05, 3.63) is 27.3 Å². The van der Waals surface area contributed by atoms with Crippen LogP contribution in [0.1, 0.15) is 78.8 Å². The van der Waals surface area contributed by atoms with E-state index in [0.717, 1.165) is 85.2 Å². The molecule has 2 aliphatic carbocycles. The SMILES string of the molecule is CC(C1CCCN1C)n1nc2c3c(nc(-c4noc5c4CCCC54CCCc5sc(N)c(C#N)c54)nc31)N(C)CCO2. The van der Waals surface area contributed by atoms with Crippen LogP contribution in [0.15, 0.2) is 4.52 Å². The van der Waals surface area contributed by atoms with Crippen LogP contribution in [0.3, 0.4) is 0 Å². The molecule has 2 aliphatic heterocycles. The van der Waals surface area contributed by atoms with Gasteiger partial charge in [-0.2, -0.15) is 5.26 Å². The van der Waals surface area contributed by atoms with E-state index in [2.05, 4.69) is 35.0 Å². The van der Waals surface area contributed by atoms with Crippen LogP contribution < -0.4 is 15.4 Å². The van der Waals surface area contributed by atoms with Crippen LogP contribution in [0, 0.1) is 11.3 Å². The number of rotatable bonds is 3. The Kier molecular flexibility index (Phi) is 5.82. The number of likely N-dealkylation sites (N-methyl/N-ethyl adjacent to an activating group) is 2. The number of likely N-dealkylation sites (tertiary alicyclic amines) is 1. The first kappa shape index (κ1) is 26.0. The molecule has 1 spiro atoms. The maximum atomic E-state index is 10.1. The molecule has 0 aromatic carbocycles. The van der Waals surface area contributed by atoms with Gasteiger partial charge in [0.1, 0.15) is 28.9 Å². The third-order valence-electron chi connectivity index (χ3n) is 10.1. The third kappa shape index (κ3) is 3.53. The highest BCUT2D eigenvalue weighted by Gasteiger charge is 2.49. The van der Waals surface area contributed by atoms with E-state index < -0.39 is 0 Å². The number of nitrogen functional groups attached to an aromatic ring is 1. The number of ether oxygens (including phenoxy) is 1. The third-order valence-corrected chi connectivity index (χ3v) is 11.2. The minimum atomic E-state index is -0.386. The molecule has 11 nitrogen and oxygen atoms in total. The molecule has 0 bridgehead atoms. The first-order chi connectivity index (χ1) is 20.4. The zero-order valence-electron chi connectivity index (χ0n) is 24.3. The molecule has 2 N–H and O–H groups in total. The summed E-state index contributed by atoms with van der Waals surface area (Å²) < 4.78 is 14.5. The molecule has 0 amide bonds. The fourth-order valence-electron chi connectivity index (χ4n) is 8.07. The van der Waals surface area contributed by atoms with Gasteiger partial charge in [-0.25, -0.2) is 14.6 Å². The molecule has 4 aromatic heterocycles. The number of anilines is 2. The van der Waals surface area contributed by atoms with Crippen LogP contribution in [0.25, 0.3) is 22.6 Å². The van der Waals surface area contributed by atoms with Crippen LogP contribution in [-0.2, 0) is 18.3 Å². The zero-order chi connectivity index (χ0) is 28.7. The number of nitriles is 1. The van der Waals surface area contributed by atoms with Crippen molar-refractivity contribution in [1.29, 1.82) is 5.26 Å². The quantitative estimate of drug-likeness (QED) is 0.368. The lowest BCUT2D eigenvalue weighted by molar-refractivity contribution is 0.227. The Hall–Kier alpha value is -3.69. The summed E-state index contributed by atoms with van der Waals surface area (Å²) in [5.74, 6) is 2.81. The molecular formula is C30H35N9O2S. The highest BCUT2D eigenvalue weighted by Crippen LogP contribution is 2.55. The van der Waals surface area contributed by atoms with E-state index in [-0.39, 0.29) is 11.5 Å². The van der Waals surface area contributed by atoms with Crippen LogP contribution in [0.2, 0.25) is 0 Å². The number of fused-ring (bicyclic) bond motifs is 4. The van der Waals surface area contributed by atoms with Crippen LogP contribution >= 0.6 is 11.3 Å². The number of nitrogens with two attached hydrogens (primary N) is 1. The molecule has 1 saturated heterocycles. The van der Waals surface area contributed by atoms with E-state index in [9.17, 15) is 5.26 Å². The number of nitrogens with zero attached hydrogens (tertiary/aromatic N) is 8. The van der Waals surface area contributed by atoms with Gasteiger partial charge in [-0.15, -0.1) is 16.4 Å². The maximum Gasteiger partial charge on any atom is 0.246 e. The Bertz CT molecular complexity index is 1760. The highest BCUT2D eigenvalue weighted by atomic mass is 32.1. The molecule has 4 aliphatic rings. The smallest absolute Gasteiger partial charge is 0.246 e. The zero-order valence-corrected chi connectivity index (χ0v) is 25.1. The summed E-state index contributed by atoms with van der Waals surface area (Å²) in [6.07, 6.45) is 7.91. The number of hydrogen-bond acceptors (Lipinski definition) is 11. The van der Waals surface area contributed by atoms with Gasteiger partial charge in [0.25, 0.3) is 0 Å². The predicted octanol–water partition coefficient (Wildman–Crippen LogP) is 4.44. The Balaban J connectivity index is 1.31. The maximum absolute atomic E-state index is 10.1. The molecule has 1 fully saturated rings. The first-order valence-corrected chi connectivity index (χ1v) is 15.9. The number of thiophene rings is 1. The van der Waals surface area contributed by atoms with E-state index in [1.54, 1.807) is 11.3 Å². The summed E-state index contributed by atoms with van der Waals surface area (Å²) in [4.78, 5) is 16.0. The Morgan fingerprint density at radius 1 is 1.14 bits per heavy atom. The van der Waals surface area contributed by atoms with Gasteiger partial charge in [-0.3, -0.25) is 0 Å². The molecule has 3 atom stereocenters. The van der Waals surface area contributed by atoms with E-state index >= 15 is 0 Å². The summed E-state index contributed by atoms with van der Waals surface area (Å²) >= 11 is 1.56. The second kappa shape index (κ2) is 9.41. The lowest BCUT2D eigenvalue weighted by Crippen LogP contribution is -2.35. The van der Waals surface area contributed by atoms with Crippen molar-refractivity contribution in [2.24, 2.45) is 0 Å². The standard InChI is InChI=1S/C30H35N9O2S/c1-16(19-8-6-12-37(19)2)39-28-21-27(38(3)13-14-40-29(21)35-39)33-26(34-28)23-17-7-4-10-30(24(17)41-36-23)11-5-9-20-22(30)18(15-31)25(32)42-20/h16,19H,4-14,32H2,1-3H3. The summed E-state index contributed by atoms with van der Waals surface area (Å²) in [6.45, 7) is 4.54. The largest absolute Gasteiger partial charge is 0.474 e. The van der Waals surface area contributed by atoms with E-state index in [4.69, 9.17) is 30.1 Å². The minimum Gasteiger partial charge on any atom is -0.474 e. The molecular weight excluding hydrogens is 550 g/mol. The molecule has 12 heteroatoms. The number of aryl methyl sites for hydroxylation is 1. The van der Waals surface area contributed by atoms with Crippen LogP contribution in [0.5, 0.6) is 5.88 Å². The van der Waals surface area contributed by atoms with E-state index in [0.29, 0.717) is 47.2 Å². The van der Waals surface area contributed by atoms with Crippen LogP contribution in [-0.4, -0.2) is 69.6 Å². The average Bonchev–Trinajstić information content (AvgIpc) is 3.75. The van der Waals surface area contributed by atoms with Crippen molar-refractivity contribution in [2.75, 3.05) is 44.4 Å². The van der Waals surface area contributed by atoms with Crippen LogP contribution in [0.4, 0.5) is 10.8 Å². The Morgan fingerprint density at radius 3 is 2.76 bits per heavy atom. The van der Waals surface area contributed by atoms with Crippen molar-refractivity contribution in [3.63, 3.8) is 0 Å². The fraction of sp³-hybridized carbons (Fsp3) is 0.567.